The number of carbonyl (C=O) groups is 2. The molecule has 130 valence electrons. The van der Waals surface area contributed by atoms with Crippen molar-refractivity contribution in [2.24, 2.45) is 5.92 Å². The van der Waals surface area contributed by atoms with Gasteiger partial charge in [0.05, 0.1) is 19.1 Å². The lowest BCUT2D eigenvalue weighted by Crippen LogP contribution is -2.42. The lowest BCUT2D eigenvalue weighted by molar-refractivity contribution is -0.126. The zero-order valence-corrected chi connectivity index (χ0v) is 14.2. The fourth-order valence-electron chi connectivity index (χ4n) is 3.23. The van der Waals surface area contributed by atoms with Crippen molar-refractivity contribution >= 4 is 17.5 Å². The minimum Gasteiger partial charge on any atom is -0.379 e. The van der Waals surface area contributed by atoms with E-state index in [-0.39, 0.29) is 24.2 Å². The fraction of sp³-hybridized carbons (Fsp3) is 0.556. The van der Waals surface area contributed by atoms with Gasteiger partial charge in [-0.15, -0.1) is 0 Å². The zero-order chi connectivity index (χ0) is 16.9. The van der Waals surface area contributed by atoms with E-state index in [0.29, 0.717) is 13.1 Å². The maximum absolute atomic E-state index is 12.3. The molecular formula is C18H25N3O3. The number of nitrogens with one attached hydrogen (secondary N) is 1. The summed E-state index contributed by atoms with van der Waals surface area (Å²) in [5, 5.41) is 2.98. The van der Waals surface area contributed by atoms with E-state index >= 15 is 0 Å². The van der Waals surface area contributed by atoms with Crippen molar-refractivity contribution in [2.75, 3.05) is 50.8 Å². The van der Waals surface area contributed by atoms with Crippen LogP contribution in [0.15, 0.2) is 24.3 Å². The van der Waals surface area contributed by atoms with Gasteiger partial charge in [0.1, 0.15) is 0 Å². The van der Waals surface area contributed by atoms with Crippen LogP contribution in [0.4, 0.5) is 5.69 Å². The van der Waals surface area contributed by atoms with Crippen LogP contribution in [0.2, 0.25) is 0 Å². The summed E-state index contributed by atoms with van der Waals surface area (Å²) in [6.07, 6.45) is 0.289. The summed E-state index contributed by atoms with van der Waals surface area (Å²) in [5.41, 5.74) is 1.99. The van der Waals surface area contributed by atoms with Gasteiger partial charge in [0.15, 0.2) is 0 Å². The van der Waals surface area contributed by atoms with E-state index in [1.165, 1.54) is 0 Å². The van der Waals surface area contributed by atoms with E-state index in [1.807, 2.05) is 31.2 Å². The first-order valence-electron chi connectivity index (χ1n) is 8.58. The second kappa shape index (κ2) is 7.77. The predicted molar refractivity (Wildman–Crippen MR) is 91.9 cm³/mol. The second-order valence-electron chi connectivity index (χ2n) is 6.49. The molecule has 1 atom stereocenters. The topological polar surface area (TPSA) is 61.9 Å². The molecule has 3 rings (SSSR count). The number of morpholine rings is 1. The van der Waals surface area contributed by atoms with E-state index in [4.69, 9.17) is 4.74 Å². The maximum Gasteiger partial charge on any atom is 0.227 e. The molecule has 6 heteroatoms. The Morgan fingerprint density at radius 3 is 2.88 bits per heavy atom. The number of benzene rings is 1. The van der Waals surface area contributed by atoms with Gasteiger partial charge in [-0.2, -0.15) is 0 Å². The third-order valence-electron chi connectivity index (χ3n) is 4.64. The molecule has 0 spiro atoms. The highest BCUT2D eigenvalue weighted by Gasteiger charge is 2.35. The highest BCUT2D eigenvalue weighted by molar-refractivity contribution is 6.00. The molecule has 1 aromatic carbocycles. The Balaban J connectivity index is 1.48. The molecule has 2 fully saturated rings. The van der Waals surface area contributed by atoms with Crippen LogP contribution in [0.25, 0.3) is 0 Å². The Morgan fingerprint density at radius 1 is 1.33 bits per heavy atom. The minimum absolute atomic E-state index is 0.0215. The summed E-state index contributed by atoms with van der Waals surface area (Å²) >= 11 is 0. The largest absolute Gasteiger partial charge is 0.379 e. The number of anilines is 1. The predicted octanol–water partition coefficient (Wildman–Crippen LogP) is 0.796. The third kappa shape index (κ3) is 4.13. The van der Waals surface area contributed by atoms with Crippen LogP contribution >= 0.6 is 0 Å². The van der Waals surface area contributed by atoms with Crippen molar-refractivity contribution in [3.8, 4) is 0 Å². The molecule has 2 saturated heterocycles. The Kier molecular flexibility index (Phi) is 5.48. The molecule has 0 unspecified atom stereocenters. The van der Waals surface area contributed by atoms with Gasteiger partial charge in [0.25, 0.3) is 0 Å². The molecular weight excluding hydrogens is 306 g/mol. The lowest BCUT2D eigenvalue weighted by atomic mass is 10.1. The van der Waals surface area contributed by atoms with Gasteiger partial charge in [-0.25, -0.2) is 0 Å². The first-order chi connectivity index (χ1) is 11.6. The first kappa shape index (κ1) is 16.9. The van der Waals surface area contributed by atoms with Crippen molar-refractivity contribution in [1.29, 1.82) is 0 Å². The van der Waals surface area contributed by atoms with Crippen molar-refractivity contribution in [1.82, 2.24) is 10.2 Å². The van der Waals surface area contributed by atoms with Crippen LogP contribution in [-0.2, 0) is 14.3 Å². The van der Waals surface area contributed by atoms with Gasteiger partial charge < -0.3 is 15.0 Å². The van der Waals surface area contributed by atoms with Crippen molar-refractivity contribution in [3.63, 3.8) is 0 Å². The quantitative estimate of drug-likeness (QED) is 0.867. The van der Waals surface area contributed by atoms with Crippen molar-refractivity contribution in [2.45, 2.75) is 13.3 Å². The molecule has 0 radical (unpaired) electrons. The third-order valence-corrected chi connectivity index (χ3v) is 4.64. The molecule has 0 aromatic heterocycles. The number of amides is 2. The normalized spacial score (nSPS) is 22.0. The SMILES string of the molecule is Cc1cccc(N2C[C@H](C(=O)NCCN3CCOCC3)CC2=O)c1. The van der Waals surface area contributed by atoms with Crippen molar-refractivity contribution in [3.05, 3.63) is 29.8 Å². The summed E-state index contributed by atoms with van der Waals surface area (Å²) < 4.78 is 5.31. The van der Waals surface area contributed by atoms with E-state index in [9.17, 15) is 9.59 Å². The Hall–Kier alpha value is -1.92. The number of nitrogens with zero attached hydrogens (tertiary/aromatic N) is 2. The van der Waals surface area contributed by atoms with Gasteiger partial charge in [0.2, 0.25) is 11.8 Å². The monoisotopic (exact) mass is 331 g/mol. The first-order valence-corrected chi connectivity index (χ1v) is 8.58. The summed E-state index contributed by atoms with van der Waals surface area (Å²) in [6.45, 7) is 7.27. The average molecular weight is 331 g/mol. The fourth-order valence-corrected chi connectivity index (χ4v) is 3.23. The molecule has 0 aliphatic carbocycles. The standard InChI is InChI=1S/C18H25N3O3/c1-14-3-2-4-16(11-14)21-13-15(12-17(21)22)18(23)19-5-6-20-7-9-24-10-8-20/h2-4,11,15H,5-10,12-13H2,1H3,(H,19,23)/t15-/m1/s1. The van der Waals surface area contributed by atoms with Gasteiger partial charge >= 0.3 is 0 Å². The van der Waals surface area contributed by atoms with Crippen molar-refractivity contribution < 1.29 is 14.3 Å². The van der Waals surface area contributed by atoms with Crippen LogP contribution in [0, 0.1) is 12.8 Å². The molecule has 1 N–H and O–H groups in total. The Morgan fingerprint density at radius 2 is 2.12 bits per heavy atom. The number of rotatable bonds is 5. The second-order valence-corrected chi connectivity index (χ2v) is 6.49. The van der Waals surface area contributed by atoms with Crippen LogP contribution in [0.5, 0.6) is 0 Å². The maximum atomic E-state index is 12.3. The summed E-state index contributed by atoms with van der Waals surface area (Å²) in [4.78, 5) is 28.6. The molecule has 2 aliphatic heterocycles. The average Bonchev–Trinajstić information content (AvgIpc) is 2.98. The number of hydrogen-bond donors (Lipinski definition) is 1. The highest BCUT2D eigenvalue weighted by Crippen LogP contribution is 2.25. The molecule has 0 saturated carbocycles. The molecule has 0 bridgehead atoms. The molecule has 1 aromatic rings. The van der Waals surface area contributed by atoms with Crippen LogP contribution < -0.4 is 10.2 Å². The van der Waals surface area contributed by atoms with E-state index in [0.717, 1.165) is 44.1 Å². The Bertz CT molecular complexity index is 599. The van der Waals surface area contributed by atoms with Crippen LogP contribution in [-0.4, -0.2) is 62.7 Å². The van der Waals surface area contributed by atoms with Gasteiger partial charge in [-0.3, -0.25) is 14.5 Å². The molecule has 2 aliphatic rings. The smallest absolute Gasteiger partial charge is 0.227 e. The lowest BCUT2D eigenvalue weighted by Gasteiger charge is -2.26. The van der Waals surface area contributed by atoms with E-state index in [2.05, 4.69) is 10.2 Å². The highest BCUT2D eigenvalue weighted by atomic mass is 16.5. The van der Waals surface area contributed by atoms with E-state index < -0.39 is 0 Å². The number of carbonyl (C=O) groups excluding carboxylic acids is 2. The minimum atomic E-state index is -0.261. The zero-order valence-electron chi connectivity index (χ0n) is 14.2. The summed E-state index contributed by atoms with van der Waals surface area (Å²) in [5.74, 6) is -0.261. The molecule has 2 amide bonds. The molecule has 24 heavy (non-hydrogen) atoms. The van der Waals surface area contributed by atoms with Crippen LogP contribution in [0.1, 0.15) is 12.0 Å². The van der Waals surface area contributed by atoms with Gasteiger partial charge in [0, 0.05) is 44.8 Å². The summed E-state index contributed by atoms with van der Waals surface area (Å²) in [7, 11) is 0. The molecule has 2 heterocycles. The summed E-state index contributed by atoms with van der Waals surface area (Å²) in [6, 6.07) is 7.84. The van der Waals surface area contributed by atoms with Crippen LogP contribution in [0.3, 0.4) is 0 Å². The van der Waals surface area contributed by atoms with Gasteiger partial charge in [-0.1, -0.05) is 12.1 Å². The molecule has 6 nitrogen and oxygen atoms in total. The Labute approximate surface area is 142 Å². The number of aryl methyl sites for hydroxylation is 1. The van der Waals surface area contributed by atoms with E-state index in [1.54, 1.807) is 4.90 Å². The van der Waals surface area contributed by atoms with Gasteiger partial charge in [-0.05, 0) is 24.6 Å². The number of hydrogen-bond acceptors (Lipinski definition) is 4. The number of ether oxygens (including phenoxy) is 1.